The lowest BCUT2D eigenvalue weighted by atomic mass is 10.1. The van der Waals surface area contributed by atoms with Gasteiger partial charge in [0.05, 0.1) is 18.8 Å². The number of piperidine rings is 1. The van der Waals surface area contributed by atoms with Gasteiger partial charge in [-0.25, -0.2) is 0 Å². The smallest absolute Gasteiger partial charge is 0.193 e. The highest BCUT2D eigenvalue weighted by Crippen LogP contribution is 2.18. The zero-order valence-corrected chi connectivity index (χ0v) is 18.9. The van der Waals surface area contributed by atoms with Crippen LogP contribution in [-0.4, -0.2) is 81.5 Å². The lowest BCUT2D eigenvalue weighted by Crippen LogP contribution is -2.47. The molecule has 0 radical (unpaired) electrons. The minimum atomic E-state index is 0.311. The largest absolute Gasteiger partial charge is 0.376 e. The van der Waals surface area contributed by atoms with Gasteiger partial charge in [-0.2, -0.15) is 0 Å². The van der Waals surface area contributed by atoms with Gasteiger partial charge in [0.1, 0.15) is 0 Å². The summed E-state index contributed by atoms with van der Waals surface area (Å²) in [5.74, 6) is 1.02. The third-order valence-corrected chi connectivity index (χ3v) is 6.04. The van der Waals surface area contributed by atoms with Crippen molar-refractivity contribution >= 4 is 5.96 Å². The Morgan fingerprint density at radius 2 is 2.00 bits per heavy atom. The van der Waals surface area contributed by atoms with E-state index in [-0.39, 0.29) is 0 Å². The van der Waals surface area contributed by atoms with Crippen LogP contribution in [0.1, 0.15) is 44.1 Å². The van der Waals surface area contributed by atoms with Crippen molar-refractivity contribution in [2.75, 3.05) is 53.5 Å². The first kappa shape index (κ1) is 23.0. The molecule has 0 bridgehead atoms. The van der Waals surface area contributed by atoms with E-state index < -0.39 is 0 Å². The Balaban J connectivity index is 1.28. The van der Waals surface area contributed by atoms with Crippen LogP contribution in [0.25, 0.3) is 0 Å². The Bertz CT molecular complexity index is 611. The SMILES string of the molecule is CN=C(NCCCN(C)Cc1ccccc1)N1CCC(OCC2CCCCO2)CC1. The van der Waals surface area contributed by atoms with Gasteiger partial charge in [-0.15, -0.1) is 0 Å². The molecule has 1 unspecified atom stereocenters. The summed E-state index contributed by atoms with van der Waals surface area (Å²) in [5, 5.41) is 3.55. The highest BCUT2D eigenvalue weighted by molar-refractivity contribution is 5.79. The van der Waals surface area contributed by atoms with Crippen LogP contribution in [0.5, 0.6) is 0 Å². The molecule has 2 aliphatic heterocycles. The standard InChI is InChI=1S/C24H40N4O2/c1-25-24(26-14-8-15-27(2)19-21-9-4-3-5-10-21)28-16-12-22(13-17-28)30-20-23-11-6-7-18-29-23/h3-5,9-10,22-23H,6-8,11-20H2,1-2H3,(H,25,26). The number of ether oxygens (including phenoxy) is 2. The number of nitrogens with one attached hydrogen (secondary N) is 1. The van der Waals surface area contributed by atoms with E-state index in [9.17, 15) is 0 Å². The first-order valence-corrected chi connectivity index (χ1v) is 11.7. The number of hydrogen-bond donors (Lipinski definition) is 1. The first-order valence-electron chi connectivity index (χ1n) is 11.7. The topological polar surface area (TPSA) is 49.3 Å². The number of guanidine groups is 1. The number of likely N-dealkylation sites (tertiary alicyclic amines) is 1. The Morgan fingerprint density at radius 3 is 2.70 bits per heavy atom. The maximum absolute atomic E-state index is 6.14. The van der Waals surface area contributed by atoms with Crippen molar-refractivity contribution in [3.63, 3.8) is 0 Å². The molecule has 1 aromatic carbocycles. The Hall–Kier alpha value is -1.63. The molecule has 0 spiro atoms. The van der Waals surface area contributed by atoms with Gasteiger partial charge in [0, 0.05) is 39.8 Å². The van der Waals surface area contributed by atoms with E-state index in [4.69, 9.17) is 9.47 Å². The molecule has 0 amide bonds. The molecule has 0 aromatic heterocycles. The van der Waals surface area contributed by atoms with Crippen LogP contribution in [0.4, 0.5) is 0 Å². The molecule has 168 valence electrons. The Labute approximate surface area is 182 Å². The number of aliphatic imine (C=N–C) groups is 1. The van der Waals surface area contributed by atoms with E-state index >= 15 is 0 Å². The van der Waals surface area contributed by atoms with Gasteiger partial charge in [0.2, 0.25) is 0 Å². The second-order valence-electron chi connectivity index (χ2n) is 8.56. The summed E-state index contributed by atoms with van der Waals surface area (Å²) >= 11 is 0. The van der Waals surface area contributed by atoms with Crippen LogP contribution in [0, 0.1) is 0 Å². The predicted molar refractivity (Wildman–Crippen MR) is 123 cm³/mol. The molecular formula is C24H40N4O2. The summed E-state index contributed by atoms with van der Waals surface area (Å²) in [6.07, 6.45) is 7.52. The van der Waals surface area contributed by atoms with Crippen molar-refractivity contribution < 1.29 is 9.47 Å². The zero-order valence-electron chi connectivity index (χ0n) is 18.9. The Morgan fingerprint density at radius 1 is 1.20 bits per heavy atom. The third kappa shape index (κ3) is 7.89. The number of nitrogens with zero attached hydrogens (tertiary/aromatic N) is 3. The van der Waals surface area contributed by atoms with Crippen molar-refractivity contribution in [1.82, 2.24) is 15.1 Å². The van der Waals surface area contributed by atoms with Gasteiger partial charge in [0.15, 0.2) is 5.96 Å². The van der Waals surface area contributed by atoms with Crippen LogP contribution in [-0.2, 0) is 16.0 Å². The summed E-state index contributed by atoms with van der Waals surface area (Å²) in [4.78, 5) is 9.24. The van der Waals surface area contributed by atoms with Gasteiger partial charge in [-0.1, -0.05) is 30.3 Å². The average molecular weight is 417 g/mol. The summed E-state index contributed by atoms with van der Waals surface area (Å²) in [6.45, 7) is 6.67. The van der Waals surface area contributed by atoms with E-state index in [2.05, 4.69) is 57.5 Å². The van der Waals surface area contributed by atoms with Crippen molar-refractivity contribution in [1.29, 1.82) is 0 Å². The average Bonchev–Trinajstić information content (AvgIpc) is 2.80. The second kappa shape index (κ2) is 12.9. The van der Waals surface area contributed by atoms with Crippen LogP contribution < -0.4 is 5.32 Å². The van der Waals surface area contributed by atoms with Gasteiger partial charge in [0.25, 0.3) is 0 Å². The molecule has 6 heteroatoms. The quantitative estimate of drug-likeness (QED) is 0.381. The zero-order chi connectivity index (χ0) is 21.0. The molecule has 1 atom stereocenters. The Kier molecular flexibility index (Phi) is 9.93. The van der Waals surface area contributed by atoms with Crippen LogP contribution >= 0.6 is 0 Å². The molecule has 6 nitrogen and oxygen atoms in total. The highest BCUT2D eigenvalue weighted by atomic mass is 16.5. The number of hydrogen-bond acceptors (Lipinski definition) is 4. The molecule has 30 heavy (non-hydrogen) atoms. The van der Waals surface area contributed by atoms with Crippen LogP contribution in [0.15, 0.2) is 35.3 Å². The van der Waals surface area contributed by atoms with E-state index in [1.807, 2.05) is 7.05 Å². The fourth-order valence-corrected chi connectivity index (χ4v) is 4.27. The molecule has 2 heterocycles. The molecular weight excluding hydrogens is 376 g/mol. The van der Waals surface area contributed by atoms with E-state index in [0.717, 1.165) is 77.6 Å². The van der Waals surface area contributed by atoms with Gasteiger partial charge in [-0.05, 0) is 57.7 Å². The summed E-state index contributed by atoms with van der Waals surface area (Å²) in [5.41, 5.74) is 1.36. The molecule has 3 rings (SSSR count). The fraction of sp³-hybridized carbons (Fsp3) is 0.708. The summed E-state index contributed by atoms with van der Waals surface area (Å²) < 4.78 is 11.9. The minimum absolute atomic E-state index is 0.311. The molecule has 0 saturated carbocycles. The molecule has 2 fully saturated rings. The monoisotopic (exact) mass is 416 g/mol. The first-order chi connectivity index (χ1) is 14.7. The minimum Gasteiger partial charge on any atom is -0.376 e. The number of rotatable bonds is 9. The van der Waals surface area contributed by atoms with Crippen LogP contribution in [0.2, 0.25) is 0 Å². The van der Waals surface area contributed by atoms with E-state index in [1.54, 1.807) is 0 Å². The molecule has 2 saturated heterocycles. The molecule has 1 N–H and O–H groups in total. The molecule has 0 aliphatic carbocycles. The predicted octanol–water partition coefficient (Wildman–Crippen LogP) is 3.13. The summed E-state index contributed by atoms with van der Waals surface area (Å²) in [6, 6.07) is 10.6. The van der Waals surface area contributed by atoms with Crippen molar-refractivity contribution in [2.45, 2.75) is 57.3 Å². The normalized spacial score (nSPS) is 21.2. The lowest BCUT2D eigenvalue weighted by molar-refractivity contribution is -0.0721. The van der Waals surface area contributed by atoms with E-state index in [0.29, 0.717) is 12.2 Å². The van der Waals surface area contributed by atoms with Crippen molar-refractivity contribution in [2.24, 2.45) is 4.99 Å². The van der Waals surface area contributed by atoms with E-state index in [1.165, 1.54) is 18.4 Å². The van der Waals surface area contributed by atoms with Crippen LogP contribution in [0.3, 0.4) is 0 Å². The fourth-order valence-electron chi connectivity index (χ4n) is 4.27. The number of benzene rings is 1. The lowest BCUT2D eigenvalue weighted by Gasteiger charge is -2.35. The van der Waals surface area contributed by atoms with Crippen molar-refractivity contribution in [3.8, 4) is 0 Å². The van der Waals surface area contributed by atoms with Gasteiger partial charge < -0.3 is 24.6 Å². The molecule has 1 aromatic rings. The maximum Gasteiger partial charge on any atom is 0.193 e. The maximum atomic E-state index is 6.14. The van der Waals surface area contributed by atoms with Gasteiger partial charge in [-0.3, -0.25) is 4.99 Å². The van der Waals surface area contributed by atoms with Gasteiger partial charge >= 0.3 is 0 Å². The second-order valence-corrected chi connectivity index (χ2v) is 8.56. The third-order valence-electron chi connectivity index (χ3n) is 6.04. The highest BCUT2D eigenvalue weighted by Gasteiger charge is 2.23. The summed E-state index contributed by atoms with van der Waals surface area (Å²) in [7, 11) is 4.07. The van der Waals surface area contributed by atoms with Crippen molar-refractivity contribution in [3.05, 3.63) is 35.9 Å². The molecule has 2 aliphatic rings.